The van der Waals surface area contributed by atoms with Crippen LogP contribution < -0.4 is 0 Å². The zero-order chi connectivity index (χ0) is 29.8. The molecule has 9 heteroatoms. The van der Waals surface area contributed by atoms with Crippen LogP contribution >= 0.6 is 0 Å². The van der Waals surface area contributed by atoms with E-state index in [1.54, 1.807) is 21.3 Å². The first-order valence-corrected chi connectivity index (χ1v) is 17.7. The maximum Gasteiger partial charge on any atom is 0.200 e. The molecule has 1 saturated carbocycles. The average Bonchev–Trinajstić information content (AvgIpc) is 3.64. The van der Waals surface area contributed by atoms with Gasteiger partial charge in [-0.1, -0.05) is 55.4 Å². The summed E-state index contributed by atoms with van der Waals surface area (Å²) in [7, 11) is 2.98. The Morgan fingerprint density at radius 2 is 1.48 bits per heavy atom. The van der Waals surface area contributed by atoms with Crippen molar-refractivity contribution in [1.29, 1.82) is 0 Å². The Morgan fingerprint density at radius 3 is 1.98 bits per heavy atom. The minimum absolute atomic E-state index is 0.0686. The van der Waals surface area contributed by atoms with E-state index >= 15 is 0 Å². The fourth-order valence-electron chi connectivity index (χ4n) is 7.55. The molecule has 0 radical (unpaired) electrons. The third-order valence-electron chi connectivity index (χ3n) is 9.99. The number of rotatable bonds is 15. The van der Waals surface area contributed by atoms with Crippen LogP contribution in [0.15, 0.2) is 0 Å². The monoisotopic (exact) mass is 586 g/mol. The second-order valence-electron chi connectivity index (χ2n) is 13.4. The summed E-state index contributed by atoms with van der Waals surface area (Å²) in [5.74, 6) is 1.10. The predicted octanol–water partition coefficient (Wildman–Crippen LogP) is 5.76. The summed E-state index contributed by atoms with van der Waals surface area (Å²) in [6.07, 6.45) is 0.915. The van der Waals surface area contributed by atoms with Crippen LogP contribution in [0.2, 0.25) is 16.6 Å². The molecule has 234 valence electrons. The first kappa shape index (κ1) is 34.1. The molecule has 0 unspecified atom stereocenters. The van der Waals surface area contributed by atoms with Crippen molar-refractivity contribution in [2.75, 3.05) is 34.5 Å². The number of carbonyl (C=O) groups is 1. The SMILES string of the molecule is CO[C@@H]1[C@@H](OC)[C@H](O[C@H]2C[C@@H](CC(=O)[C@@H]3C[C@H]3C)O[C@@H](CCO[Si](C(C)C)(C(C)C)C(C)C)[C@@H]2C)OC[C@H]1OC. The molecule has 0 spiro atoms. The molecular formula is C31H58O8Si. The van der Waals surface area contributed by atoms with Gasteiger partial charge in [-0.15, -0.1) is 0 Å². The van der Waals surface area contributed by atoms with Gasteiger partial charge >= 0.3 is 0 Å². The minimum Gasteiger partial charge on any atom is -0.416 e. The van der Waals surface area contributed by atoms with Crippen molar-refractivity contribution >= 4 is 14.1 Å². The van der Waals surface area contributed by atoms with E-state index in [1.807, 2.05) is 0 Å². The van der Waals surface area contributed by atoms with E-state index in [2.05, 4.69) is 55.4 Å². The van der Waals surface area contributed by atoms with Gasteiger partial charge in [-0.05, 0) is 35.4 Å². The molecule has 3 aliphatic rings. The van der Waals surface area contributed by atoms with E-state index in [0.717, 1.165) is 12.8 Å². The molecule has 0 amide bonds. The Balaban J connectivity index is 1.74. The molecule has 40 heavy (non-hydrogen) atoms. The molecule has 0 bridgehead atoms. The molecule has 0 aromatic rings. The summed E-state index contributed by atoms with van der Waals surface area (Å²) in [6, 6.07) is 0. The summed E-state index contributed by atoms with van der Waals surface area (Å²) >= 11 is 0. The van der Waals surface area contributed by atoms with E-state index in [4.69, 9.17) is 32.8 Å². The summed E-state index contributed by atoms with van der Waals surface area (Å²) in [5, 5.41) is 0. The summed E-state index contributed by atoms with van der Waals surface area (Å²) in [4.78, 5) is 13.0. The highest BCUT2D eigenvalue weighted by Gasteiger charge is 2.48. The van der Waals surface area contributed by atoms with Gasteiger partial charge in [0.25, 0.3) is 0 Å². The van der Waals surface area contributed by atoms with Crippen LogP contribution in [0.1, 0.15) is 81.1 Å². The maximum atomic E-state index is 13.0. The third kappa shape index (κ3) is 7.57. The number of hydrogen-bond acceptors (Lipinski definition) is 8. The van der Waals surface area contributed by atoms with Gasteiger partial charge < -0.3 is 32.8 Å². The topological polar surface area (TPSA) is 81.7 Å². The average molecular weight is 587 g/mol. The molecule has 0 aromatic carbocycles. The lowest BCUT2D eigenvalue weighted by Crippen LogP contribution is -2.58. The van der Waals surface area contributed by atoms with Crippen LogP contribution in [0.25, 0.3) is 0 Å². The normalized spacial score (nSPS) is 37.0. The van der Waals surface area contributed by atoms with Crippen molar-refractivity contribution in [2.45, 2.75) is 141 Å². The summed E-state index contributed by atoms with van der Waals surface area (Å²) in [6.45, 7) is 19.2. The molecule has 0 N–H and O–H groups in total. The van der Waals surface area contributed by atoms with E-state index in [-0.39, 0.29) is 42.4 Å². The largest absolute Gasteiger partial charge is 0.416 e. The lowest BCUT2D eigenvalue weighted by molar-refractivity contribution is -0.308. The van der Waals surface area contributed by atoms with Crippen LogP contribution in [0, 0.1) is 17.8 Å². The fourth-order valence-corrected chi connectivity index (χ4v) is 13.0. The summed E-state index contributed by atoms with van der Waals surface area (Å²) < 4.78 is 43.4. The van der Waals surface area contributed by atoms with Crippen LogP contribution in [-0.2, 0) is 37.6 Å². The van der Waals surface area contributed by atoms with Crippen LogP contribution in [0.3, 0.4) is 0 Å². The Morgan fingerprint density at radius 1 is 0.875 bits per heavy atom. The van der Waals surface area contributed by atoms with Crippen molar-refractivity contribution in [3.8, 4) is 0 Å². The molecule has 8 nitrogen and oxygen atoms in total. The quantitative estimate of drug-likeness (QED) is 0.224. The van der Waals surface area contributed by atoms with Crippen LogP contribution in [0.4, 0.5) is 0 Å². The van der Waals surface area contributed by atoms with Gasteiger partial charge in [0.05, 0.1) is 24.9 Å². The molecule has 2 aliphatic heterocycles. The first-order chi connectivity index (χ1) is 18.9. The zero-order valence-corrected chi connectivity index (χ0v) is 28.0. The number of carbonyl (C=O) groups excluding carboxylic acids is 1. The van der Waals surface area contributed by atoms with Gasteiger partial charge in [0.15, 0.2) is 14.6 Å². The number of Topliss-reactive ketones (excluding diaryl/α,β-unsaturated/α-hetero) is 1. The fraction of sp³-hybridized carbons (Fsp3) is 0.968. The smallest absolute Gasteiger partial charge is 0.200 e. The Bertz CT molecular complexity index is 770. The van der Waals surface area contributed by atoms with Gasteiger partial charge in [0, 0.05) is 52.6 Å². The molecule has 3 rings (SSSR count). The molecule has 2 saturated heterocycles. The standard InChI is InChI=1S/C31H58O8Si/c1-18(2)40(19(3)4,20(5)6)37-13-12-26-22(8)27(16-23(38-26)15-25(32)24-14-21(24)7)39-31-30(35-11)29(34-10)28(33-9)17-36-31/h18-24,26-31H,12-17H2,1-11H3/t21-,22+,23-,24-,26+,27+,28-,29+,30-,31+/m1/s1. The van der Waals surface area contributed by atoms with Crippen molar-refractivity contribution in [2.24, 2.45) is 17.8 Å². The zero-order valence-electron chi connectivity index (χ0n) is 27.0. The number of methoxy groups -OCH3 is 3. The van der Waals surface area contributed by atoms with Gasteiger partial charge in [-0.2, -0.15) is 0 Å². The Hall–Kier alpha value is -0.393. The van der Waals surface area contributed by atoms with E-state index in [0.29, 0.717) is 54.4 Å². The van der Waals surface area contributed by atoms with Crippen molar-refractivity contribution < 1.29 is 37.6 Å². The predicted molar refractivity (Wildman–Crippen MR) is 158 cm³/mol. The Kier molecular flexibility index (Phi) is 12.7. The second kappa shape index (κ2) is 14.9. The molecular weight excluding hydrogens is 528 g/mol. The van der Waals surface area contributed by atoms with Crippen LogP contribution in [0.5, 0.6) is 0 Å². The highest BCUT2D eigenvalue weighted by molar-refractivity contribution is 6.77. The second-order valence-corrected chi connectivity index (χ2v) is 18.8. The molecule has 2 heterocycles. The summed E-state index contributed by atoms with van der Waals surface area (Å²) in [5.41, 5.74) is 1.58. The highest BCUT2D eigenvalue weighted by Crippen LogP contribution is 2.43. The van der Waals surface area contributed by atoms with Gasteiger partial charge in [-0.25, -0.2) is 0 Å². The Labute approximate surface area is 244 Å². The molecule has 10 atom stereocenters. The third-order valence-corrected chi connectivity index (χ3v) is 16.1. The molecule has 3 fully saturated rings. The number of ether oxygens (including phenoxy) is 6. The van der Waals surface area contributed by atoms with Crippen molar-refractivity contribution in [3.63, 3.8) is 0 Å². The van der Waals surface area contributed by atoms with Gasteiger partial charge in [0.2, 0.25) is 0 Å². The highest BCUT2D eigenvalue weighted by atomic mass is 28.4. The van der Waals surface area contributed by atoms with Crippen LogP contribution in [-0.4, -0.2) is 91.6 Å². The lowest BCUT2D eigenvalue weighted by Gasteiger charge is -2.46. The van der Waals surface area contributed by atoms with E-state index < -0.39 is 20.7 Å². The lowest BCUT2D eigenvalue weighted by atomic mass is 9.86. The number of ketones is 1. The van der Waals surface area contributed by atoms with E-state index in [9.17, 15) is 4.79 Å². The minimum atomic E-state index is -1.98. The first-order valence-electron chi connectivity index (χ1n) is 15.6. The molecule has 0 aromatic heterocycles. The van der Waals surface area contributed by atoms with Crippen molar-refractivity contribution in [1.82, 2.24) is 0 Å². The maximum absolute atomic E-state index is 13.0. The van der Waals surface area contributed by atoms with E-state index in [1.165, 1.54) is 0 Å². The van der Waals surface area contributed by atoms with Crippen molar-refractivity contribution in [3.05, 3.63) is 0 Å². The van der Waals surface area contributed by atoms with Gasteiger partial charge in [0.1, 0.15) is 24.1 Å². The molecule has 1 aliphatic carbocycles. The van der Waals surface area contributed by atoms with Gasteiger partial charge in [-0.3, -0.25) is 4.79 Å². The number of hydrogen-bond donors (Lipinski definition) is 0.